The summed E-state index contributed by atoms with van der Waals surface area (Å²) in [7, 11) is 0. The molecule has 0 heterocycles. The van der Waals surface area contributed by atoms with E-state index in [2.05, 4.69) is 0 Å². The number of rotatable bonds is 3. The largest absolute Gasteiger partial charge is 0.492 e. The van der Waals surface area contributed by atoms with E-state index in [1.165, 1.54) is 18.2 Å². The fourth-order valence-corrected chi connectivity index (χ4v) is 0.857. The van der Waals surface area contributed by atoms with Gasteiger partial charge in [-0.2, -0.15) is 5.26 Å². The standard InChI is InChI=1S/C9H9FN2O.ClH/c10-9-2-1-8(13-4-3-11)5-7(9)6-12;/h1-2,5H,3-4,11H2;1H. The molecule has 0 amide bonds. The summed E-state index contributed by atoms with van der Waals surface area (Å²) < 4.78 is 17.9. The highest BCUT2D eigenvalue weighted by Crippen LogP contribution is 2.15. The van der Waals surface area contributed by atoms with Crippen molar-refractivity contribution in [2.45, 2.75) is 0 Å². The first-order valence-corrected chi connectivity index (χ1v) is 3.80. The maximum atomic E-state index is 12.8. The van der Waals surface area contributed by atoms with Gasteiger partial charge in [-0.25, -0.2) is 4.39 Å². The SMILES string of the molecule is Cl.N#Cc1cc(OCCN)ccc1F. The molecule has 14 heavy (non-hydrogen) atoms. The van der Waals surface area contributed by atoms with Crippen LogP contribution in [0.3, 0.4) is 0 Å². The van der Waals surface area contributed by atoms with Gasteiger partial charge in [-0.15, -0.1) is 12.4 Å². The van der Waals surface area contributed by atoms with Gasteiger partial charge in [-0.3, -0.25) is 0 Å². The maximum Gasteiger partial charge on any atom is 0.141 e. The minimum atomic E-state index is -0.539. The van der Waals surface area contributed by atoms with Gasteiger partial charge in [0.05, 0.1) is 5.56 Å². The Labute approximate surface area is 87.7 Å². The van der Waals surface area contributed by atoms with Crippen LogP contribution < -0.4 is 10.5 Å². The normalized spacial score (nSPS) is 8.64. The van der Waals surface area contributed by atoms with Crippen LogP contribution >= 0.6 is 12.4 Å². The number of nitrogens with zero attached hydrogens (tertiary/aromatic N) is 1. The lowest BCUT2D eigenvalue weighted by Gasteiger charge is -2.04. The Morgan fingerprint density at radius 2 is 2.21 bits per heavy atom. The van der Waals surface area contributed by atoms with E-state index in [-0.39, 0.29) is 18.0 Å². The van der Waals surface area contributed by atoms with Crippen molar-refractivity contribution in [1.82, 2.24) is 0 Å². The molecule has 0 radical (unpaired) electrons. The predicted molar refractivity (Wildman–Crippen MR) is 52.9 cm³/mol. The molecule has 0 saturated carbocycles. The molecule has 0 spiro atoms. The number of ether oxygens (including phenoxy) is 1. The van der Waals surface area contributed by atoms with Crippen LogP contribution in [0.5, 0.6) is 5.75 Å². The molecular formula is C9H10ClFN2O. The Balaban J connectivity index is 0.00000169. The van der Waals surface area contributed by atoms with Crippen molar-refractivity contribution in [2.24, 2.45) is 5.73 Å². The van der Waals surface area contributed by atoms with Crippen molar-refractivity contribution in [1.29, 1.82) is 5.26 Å². The fourth-order valence-electron chi connectivity index (χ4n) is 0.857. The highest BCUT2D eigenvalue weighted by Gasteiger charge is 2.02. The molecule has 0 aliphatic heterocycles. The summed E-state index contributed by atoms with van der Waals surface area (Å²) in [6, 6.07) is 5.74. The molecule has 0 saturated heterocycles. The quantitative estimate of drug-likeness (QED) is 0.832. The molecule has 0 aliphatic rings. The van der Waals surface area contributed by atoms with Crippen molar-refractivity contribution < 1.29 is 9.13 Å². The molecule has 1 aromatic rings. The van der Waals surface area contributed by atoms with Gasteiger partial charge in [0.15, 0.2) is 0 Å². The van der Waals surface area contributed by atoms with Crippen molar-refractivity contribution >= 4 is 12.4 Å². The van der Waals surface area contributed by atoms with Gasteiger partial charge in [0.25, 0.3) is 0 Å². The van der Waals surface area contributed by atoms with Crippen LogP contribution in [-0.2, 0) is 0 Å². The van der Waals surface area contributed by atoms with Gasteiger partial charge in [0.1, 0.15) is 24.2 Å². The molecule has 3 nitrogen and oxygen atoms in total. The zero-order chi connectivity index (χ0) is 9.68. The van der Waals surface area contributed by atoms with Crippen LogP contribution in [0, 0.1) is 17.1 Å². The first kappa shape index (κ1) is 12.7. The van der Waals surface area contributed by atoms with E-state index in [4.69, 9.17) is 15.7 Å². The zero-order valence-corrected chi connectivity index (χ0v) is 8.18. The average molecular weight is 217 g/mol. The number of hydrogen-bond donors (Lipinski definition) is 1. The number of benzene rings is 1. The van der Waals surface area contributed by atoms with E-state index in [9.17, 15) is 4.39 Å². The summed E-state index contributed by atoms with van der Waals surface area (Å²) in [5.74, 6) is -0.0778. The first-order valence-electron chi connectivity index (χ1n) is 3.80. The van der Waals surface area contributed by atoms with Gasteiger partial charge in [0.2, 0.25) is 0 Å². The Bertz CT molecular complexity index is 338. The monoisotopic (exact) mass is 216 g/mol. The molecule has 76 valence electrons. The second-order valence-electron chi connectivity index (χ2n) is 2.39. The smallest absolute Gasteiger partial charge is 0.141 e. The van der Waals surface area contributed by atoms with E-state index < -0.39 is 5.82 Å². The van der Waals surface area contributed by atoms with Crippen LogP contribution in [0.15, 0.2) is 18.2 Å². The van der Waals surface area contributed by atoms with Crippen LogP contribution in [0.2, 0.25) is 0 Å². The molecule has 0 atom stereocenters. The molecule has 0 bridgehead atoms. The molecular weight excluding hydrogens is 207 g/mol. The number of hydrogen-bond acceptors (Lipinski definition) is 3. The molecule has 1 rings (SSSR count). The van der Waals surface area contributed by atoms with Crippen LogP contribution in [0.4, 0.5) is 4.39 Å². The zero-order valence-electron chi connectivity index (χ0n) is 7.37. The molecule has 0 unspecified atom stereocenters. The van der Waals surface area contributed by atoms with E-state index in [1.807, 2.05) is 0 Å². The van der Waals surface area contributed by atoms with Gasteiger partial charge in [0, 0.05) is 12.6 Å². The van der Waals surface area contributed by atoms with Gasteiger partial charge >= 0.3 is 0 Å². The third-order valence-corrected chi connectivity index (χ3v) is 1.44. The third-order valence-electron chi connectivity index (χ3n) is 1.44. The lowest BCUT2D eigenvalue weighted by atomic mass is 10.2. The van der Waals surface area contributed by atoms with E-state index in [1.54, 1.807) is 6.07 Å². The Hall–Kier alpha value is -1.31. The minimum Gasteiger partial charge on any atom is -0.492 e. The number of halogens is 2. The van der Waals surface area contributed by atoms with E-state index >= 15 is 0 Å². The lowest BCUT2D eigenvalue weighted by Crippen LogP contribution is -2.10. The Morgan fingerprint density at radius 3 is 2.79 bits per heavy atom. The van der Waals surface area contributed by atoms with Crippen molar-refractivity contribution in [3.05, 3.63) is 29.6 Å². The highest BCUT2D eigenvalue weighted by molar-refractivity contribution is 5.85. The van der Waals surface area contributed by atoms with Gasteiger partial charge < -0.3 is 10.5 Å². The van der Waals surface area contributed by atoms with Crippen LogP contribution in [-0.4, -0.2) is 13.2 Å². The van der Waals surface area contributed by atoms with E-state index in [0.717, 1.165) is 0 Å². The lowest BCUT2D eigenvalue weighted by molar-refractivity contribution is 0.327. The minimum absolute atomic E-state index is 0. The highest BCUT2D eigenvalue weighted by atomic mass is 35.5. The second-order valence-corrected chi connectivity index (χ2v) is 2.39. The molecule has 0 aromatic heterocycles. The third kappa shape index (κ3) is 3.21. The van der Waals surface area contributed by atoms with Crippen molar-refractivity contribution in [3.63, 3.8) is 0 Å². The summed E-state index contributed by atoms with van der Waals surface area (Å²) >= 11 is 0. The predicted octanol–water partition coefficient (Wildman–Crippen LogP) is 1.46. The Morgan fingerprint density at radius 1 is 1.50 bits per heavy atom. The summed E-state index contributed by atoms with van der Waals surface area (Å²) in [6.07, 6.45) is 0. The summed E-state index contributed by atoms with van der Waals surface area (Å²) in [6.45, 7) is 0.746. The number of nitriles is 1. The van der Waals surface area contributed by atoms with Crippen molar-refractivity contribution in [3.8, 4) is 11.8 Å². The topological polar surface area (TPSA) is 59.0 Å². The molecule has 1 aromatic carbocycles. The first-order chi connectivity index (χ1) is 6.27. The average Bonchev–Trinajstić information content (AvgIpc) is 2.16. The van der Waals surface area contributed by atoms with Gasteiger partial charge in [-0.05, 0) is 12.1 Å². The Kier molecular flexibility index (Phi) is 5.61. The van der Waals surface area contributed by atoms with E-state index in [0.29, 0.717) is 18.9 Å². The molecule has 0 aliphatic carbocycles. The maximum absolute atomic E-state index is 12.8. The molecule has 5 heteroatoms. The summed E-state index contributed by atoms with van der Waals surface area (Å²) in [5, 5.41) is 8.50. The van der Waals surface area contributed by atoms with Gasteiger partial charge in [-0.1, -0.05) is 0 Å². The molecule has 2 N–H and O–H groups in total. The fraction of sp³-hybridized carbons (Fsp3) is 0.222. The second kappa shape index (κ2) is 6.19. The molecule has 0 fully saturated rings. The van der Waals surface area contributed by atoms with Crippen LogP contribution in [0.25, 0.3) is 0 Å². The summed E-state index contributed by atoms with van der Waals surface area (Å²) in [4.78, 5) is 0. The summed E-state index contributed by atoms with van der Waals surface area (Å²) in [5.41, 5.74) is 5.19. The van der Waals surface area contributed by atoms with Crippen molar-refractivity contribution in [2.75, 3.05) is 13.2 Å². The van der Waals surface area contributed by atoms with Crippen LogP contribution in [0.1, 0.15) is 5.56 Å². The number of nitrogens with two attached hydrogens (primary N) is 1.